The van der Waals surface area contributed by atoms with Crippen molar-refractivity contribution < 1.29 is 0 Å². The van der Waals surface area contributed by atoms with Gasteiger partial charge in [0.2, 0.25) is 0 Å². The van der Waals surface area contributed by atoms with Gasteiger partial charge in [0.15, 0.2) is 0 Å². The zero-order valence-electron chi connectivity index (χ0n) is 15.0. The molecular formula is C19H31N5. The molecule has 0 amide bonds. The third kappa shape index (κ3) is 3.29. The molecule has 0 spiro atoms. The molecule has 2 atom stereocenters. The highest BCUT2D eigenvalue weighted by Crippen LogP contribution is 2.30. The van der Waals surface area contributed by atoms with Crippen LogP contribution in [-0.4, -0.2) is 59.7 Å². The summed E-state index contributed by atoms with van der Waals surface area (Å²) in [6.45, 7) is 8.31. The number of likely N-dealkylation sites (tertiary alicyclic amines) is 1. The van der Waals surface area contributed by atoms with Crippen molar-refractivity contribution in [3.63, 3.8) is 0 Å². The van der Waals surface area contributed by atoms with E-state index in [1.807, 2.05) is 6.20 Å². The number of hydrogen-bond acceptors (Lipinski definition) is 5. The first-order valence-corrected chi connectivity index (χ1v) is 9.86. The maximum Gasteiger partial charge on any atom is 0.135 e. The maximum absolute atomic E-state index is 4.59. The third-order valence-corrected chi connectivity index (χ3v) is 6.19. The Morgan fingerprint density at radius 1 is 1.21 bits per heavy atom. The van der Waals surface area contributed by atoms with Crippen molar-refractivity contribution in [2.24, 2.45) is 5.92 Å². The first kappa shape index (κ1) is 16.3. The number of fused-ring (bicyclic) bond motifs is 1. The van der Waals surface area contributed by atoms with Crippen LogP contribution in [0, 0.1) is 5.92 Å². The van der Waals surface area contributed by atoms with Gasteiger partial charge in [0, 0.05) is 50.0 Å². The summed E-state index contributed by atoms with van der Waals surface area (Å²) in [5.74, 6) is 2.08. The second kappa shape index (κ2) is 7.36. The highest BCUT2D eigenvalue weighted by molar-refractivity contribution is 5.46. The second-order valence-corrected chi connectivity index (χ2v) is 7.76. The number of anilines is 1. The molecule has 1 N–H and O–H groups in total. The number of aromatic nitrogens is 2. The Morgan fingerprint density at radius 2 is 2.08 bits per heavy atom. The Kier molecular flexibility index (Phi) is 4.99. The molecule has 1 aromatic rings. The minimum absolute atomic E-state index is 0.759. The summed E-state index contributed by atoms with van der Waals surface area (Å²) >= 11 is 0. The number of hydrogen-bond donors (Lipinski definition) is 1. The molecule has 3 saturated heterocycles. The molecule has 0 unspecified atom stereocenters. The van der Waals surface area contributed by atoms with E-state index in [0.29, 0.717) is 0 Å². The Hall–Kier alpha value is -1.20. The van der Waals surface area contributed by atoms with Gasteiger partial charge in [0.05, 0.1) is 0 Å². The molecular weight excluding hydrogens is 298 g/mol. The molecule has 3 fully saturated rings. The van der Waals surface area contributed by atoms with E-state index in [-0.39, 0.29) is 0 Å². The van der Waals surface area contributed by atoms with Crippen LogP contribution in [0.2, 0.25) is 0 Å². The zero-order valence-corrected chi connectivity index (χ0v) is 15.0. The van der Waals surface area contributed by atoms with Crippen molar-refractivity contribution in [2.45, 2.75) is 57.5 Å². The van der Waals surface area contributed by atoms with Crippen LogP contribution in [0.3, 0.4) is 0 Å². The summed E-state index contributed by atoms with van der Waals surface area (Å²) < 4.78 is 0. The van der Waals surface area contributed by atoms with Gasteiger partial charge >= 0.3 is 0 Å². The van der Waals surface area contributed by atoms with Gasteiger partial charge in [-0.15, -0.1) is 0 Å². The zero-order chi connectivity index (χ0) is 16.4. The van der Waals surface area contributed by atoms with Crippen molar-refractivity contribution in [3.05, 3.63) is 18.1 Å². The molecule has 5 heteroatoms. The third-order valence-electron chi connectivity index (χ3n) is 6.19. The molecule has 132 valence electrons. The van der Waals surface area contributed by atoms with Crippen LogP contribution in [0.5, 0.6) is 0 Å². The summed E-state index contributed by atoms with van der Waals surface area (Å²) in [7, 11) is 0. The van der Waals surface area contributed by atoms with E-state index in [1.54, 1.807) is 6.33 Å². The van der Waals surface area contributed by atoms with Gasteiger partial charge in [-0.05, 0) is 44.6 Å². The second-order valence-electron chi connectivity index (χ2n) is 7.76. The number of rotatable bonds is 4. The monoisotopic (exact) mass is 329 g/mol. The fourth-order valence-electron chi connectivity index (χ4n) is 4.90. The van der Waals surface area contributed by atoms with Crippen molar-refractivity contribution >= 4 is 5.82 Å². The summed E-state index contributed by atoms with van der Waals surface area (Å²) in [6, 6.07) is 1.53. The highest BCUT2D eigenvalue weighted by atomic mass is 15.3. The van der Waals surface area contributed by atoms with Crippen LogP contribution in [0.4, 0.5) is 5.82 Å². The standard InChI is InChI=1S/C19H31N5/c1-2-4-15-11-20-14-22-19(15)23-9-6-17(7-10-23)24-12-16-5-3-8-21-18(16)13-24/h11,14,16-18,21H,2-10,12-13H2,1H3/t16-,18+/m0/s1. The minimum atomic E-state index is 0.759. The number of nitrogens with zero attached hydrogens (tertiary/aromatic N) is 4. The van der Waals surface area contributed by atoms with E-state index in [2.05, 4.69) is 32.0 Å². The molecule has 4 heterocycles. The largest absolute Gasteiger partial charge is 0.356 e. The van der Waals surface area contributed by atoms with Gasteiger partial charge in [-0.2, -0.15) is 0 Å². The molecule has 0 saturated carbocycles. The Morgan fingerprint density at radius 3 is 2.88 bits per heavy atom. The predicted molar refractivity (Wildman–Crippen MR) is 97.3 cm³/mol. The molecule has 0 aromatic carbocycles. The highest BCUT2D eigenvalue weighted by Gasteiger charge is 2.38. The summed E-state index contributed by atoms with van der Waals surface area (Å²) in [4.78, 5) is 14.1. The average molecular weight is 329 g/mol. The lowest BCUT2D eigenvalue weighted by Gasteiger charge is -2.38. The molecule has 3 aliphatic heterocycles. The maximum atomic E-state index is 4.59. The topological polar surface area (TPSA) is 44.3 Å². The lowest BCUT2D eigenvalue weighted by atomic mass is 9.94. The quantitative estimate of drug-likeness (QED) is 0.916. The van der Waals surface area contributed by atoms with Gasteiger partial charge in [-0.1, -0.05) is 13.3 Å². The summed E-state index contributed by atoms with van der Waals surface area (Å²) in [5.41, 5.74) is 1.31. The normalized spacial score (nSPS) is 29.0. The molecule has 24 heavy (non-hydrogen) atoms. The van der Waals surface area contributed by atoms with Crippen molar-refractivity contribution in [3.8, 4) is 0 Å². The summed E-state index contributed by atoms with van der Waals surface area (Å²) in [5, 5.41) is 3.74. The van der Waals surface area contributed by atoms with E-state index in [4.69, 9.17) is 0 Å². The number of aryl methyl sites for hydroxylation is 1. The molecule has 1 aromatic heterocycles. The van der Waals surface area contributed by atoms with Gasteiger partial charge < -0.3 is 10.2 Å². The van der Waals surface area contributed by atoms with Crippen LogP contribution in [0.15, 0.2) is 12.5 Å². The lowest BCUT2D eigenvalue weighted by Crippen LogP contribution is -2.45. The van der Waals surface area contributed by atoms with E-state index < -0.39 is 0 Å². The van der Waals surface area contributed by atoms with E-state index >= 15 is 0 Å². The van der Waals surface area contributed by atoms with Crippen LogP contribution >= 0.6 is 0 Å². The minimum Gasteiger partial charge on any atom is -0.356 e. The first-order valence-electron chi connectivity index (χ1n) is 9.86. The van der Waals surface area contributed by atoms with Crippen LogP contribution < -0.4 is 10.2 Å². The van der Waals surface area contributed by atoms with Crippen molar-refractivity contribution in [1.82, 2.24) is 20.2 Å². The molecule has 0 bridgehead atoms. The predicted octanol–water partition coefficient (Wildman–Crippen LogP) is 2.08. The molecule has 0 aliphatic carbocycles. The fourth-order valence-corrected chi connectivity index (χ4v) is 4.90. The Bertz CT molecular complexity index is 526. The van der Waals surface area contributed by atoms with Gasteiger partial charge in [0.1, 0.15) is 12.1 Å². The SMILES string of the molecule is CCCc1cncnc1N1CCC(N2C[C@@H]3CCCN[C@@H]3C2)CC1. The van der Waals surface area contributed by atoms with Crippen molar-refractivity contribution in [1.29, 1.82) is 0 Å². The van der Waals surface area contributed by atoms with Gasteiger partial charge in [-0.3, -0.25) is 4.90 Å². The van der Waals surface area contributed by atoms with E-state index in [1.165, 1.54) is 56.7 Å². The van der Waals surface area contributed by atoms with Crippen molar-refractivity contribution in [2.75, 3.05) is 37.6 Å². The fraction of sp³-hybridized carbons (Fsp3) is 0.789. The smallest absolute Gasteiger partial charge is 0.135 e. The Balaban J connectivity index is 1.35. The van der Waals surface area contributed by atoms with Crippen LogP contribution in [-0.2, 0) is 6.42 Å². The van der Waals surface area contributed by atoms with Gasteiger partial charge in [-0.25, -0.2) is 9.97 Å². The lowest BCUT2D eigenvalue weighted by molar-refractivity contribution is 0.199. The van der Waals surface area contributed by atoms with Crippen LogP contribution in [0.1, 0.15) is 44.6 Å². The average Bonchev–Trinajstić information content (AvgIpc) is 3.07. The number of piperidine rings is 2. The van der Waals surface area contributed by atoms with Crippen LogP contribution in [0.25, 0.3) is 0 Å². The molecule has 5 nitrogen and oxygen atoms in total. The van der Waals surface area contributed by atoms with E-state index in [0.717, 1.165) is 43.9 Å². The number of nitrogens with one attached hydrogen (secondary N) is 1. The first-order chi connectivity index (χ1) is 11.8. The van der Waals surface area contributed by atoms with Gasteiger partial charge in [0.25, 0.3) is 0 Å². The summed E-state index contributed by atoms with van der Waals surface area (Å²) in [6.07, 6.45) is 11.3. The van der Waals surface area contributed by atoms with E-state index in [9.17, 15) is 0 Å². The molecule has 0 radical (unpaired) electrons. The molecule has 4 rings (SSSR count). The Labute approximate surface area is 145 Å². The molecule has 3 aliphatic rings.